The molecule has 2 saturated heterocycles. The van der Waals surface area contributed by atoms with E-state index < -0.39 is 45.6 Å². The molecule has 170 valence electrons. The monoisotopic (exact) mass is 513 g/mol. The number of hydrogen-bond acceptors (Lipinski definition) is 10. The van der Waals surface area contributed by atoms with Gasteiger partial charge in [0.25, 0.3) is 5.91 Å². The molecule has 10 nitrogen and oxygen atoms in total. The standard InChI is InChI=1S/C18H19N5O5S4/c1-10-20-21-17(31-10)30-9-18(16(26)27)7-22-14(25)13(15(22)29-8-18)23(11(2)24)32(28)12-5-3-4-6-19-12/h3-6,13,15H,7-9H2,1-2H3,(H,26,27)/t13?,15-,18?,32?/m1/s1. The number of carboxylic acid groups (broad SMARTS) is 1. The average Bonchev–Trinajstić information content (AvgIpc) is 3.20. The first-order valence-corrected chi connectivity index (χ1v) is 13.4. The van der Waals surface area contributed by atoms with Gasteiger partial charge in [-0.05, 0) is 19.1 Å². The third kappa shape index (κ3) is 4.16. The van der Waals surface area contributed by atoms with Crippen LogP contribution in [0.4, 0.5) is 0 Å². The van der Waals surface area contributed by atoms with Gasteiger partial charge in [0, 0.05) is 31.2 Å². The summed E-state index contributed by atoms with van der Waals surface area (Å²) in [7, 11) is -1.94. The zero-order chi connectivity index (χ0) is 23.0. The van der Waals surface area contributed by atoms with E-state index in [2.05, 4.69) is 15.2 Å². The molecule has 2 amide bonds. The zero-order valence-electron chi connectivity index (χ0n) is 17.0. The average molecular weight is 514 g/mol. The molecular weight excluding hydrogens is 494 g/mol. The number of rotatable bonds is 7. The lowest BCUT2D eigenvalue weighted by atomic mass is 9.89. The number of nitrogens with zero attached hydrogens (tertiary/aromatic N) is 5. The van der Waals surface area contributed by atoms with Crippen LogP contribution >= 0.6 is 34.9 Å². The maximum Gasteiger partial charge on any atom is 0.313 e. The first kappa shape index (κ1) is 23.1. The summed E-state index contributed by atoms with van der Waals surface area (Å²) in [6, 6.07) is 3.92. The molecule has 0 bridgehead atoms. The van der Waals surface area contributed by atoms with Crippen LogP contribution in [0, 0.1) is 12.3 Å². The van der Waals surface area contributed by atoms with Crippen molar-refractivity contribution in [3.05, 3.63) is 29.4 Å². The molecule has 0 saturated carbocycles. The van der Waals surface area contributed by atoms with Gasteiger partial charge < -0.3 is 10.0 Å². The van der Waals surface area contributed by atoms with Crippen molar-refractivity contribution in [3.63, 3.8) is 0 Å². The van der Waals surface area contributed by atoms with Gasteiger partial charge in [-0.1, -0.05) is 29.2 Å². The second-order valence-electron chi connectivity index (χ2n) is 7.34. The number of aliphatic carboxylic acids is 1. The fourth-order valence-electron chi connectivity index (χ4n) is 3.47. The Kier molecular flexibility index (Phi) is 6.56. The van der Waals surface area contributed by atoms with Gasteiger partial charge in [-0.2, -0.15) is 0 Å². The molecule has 4 heterocycles. The van der Waals surface area contributed by atoms with Crippen molar-refractivity contribution in [1.82, 2.24) is 24.4 Å². The van der Waals surface area contributed by atoms with Crippen LogP contribution in [0.25, 0.3) is 0 Å². The number of pyridine rings is 1. The zero-order valence-corrected chi connectivity index (χ0v) is 20.3. The van der Waals surface area contributed by atoms with E-state index in [-0.39, 0.29) is 23.1 Å². The van der Waals surface area contributed by atoms with E-state index in [1.807, 2.05) is 6.92 Å². The summed E-state index contributed by atoms with van der Waals surface area (Å²) in [5.74, 6) is -1.43. The van der Waals surface area contributed by atoms with Gasteiger partial charge in [-0.25, -0.2) is 13.5 Å². The van der Waals surface area contributed by atoms with E-state index in [1.165, 1.54) is 58.9 Å². The Balaban J connectivity index is 1.51. The summed E-state index contributed by atoms with van der Waals surface area (Å²) in [4.78, 5) is 43.0. The van der Waals surface area contributed by atoms with Gasteiger partial charge in [0.1, 0.15) is 20.8 Å². The summed E-state index contributed by atoms with van der Waals surface area (Å²) in [5, 5.41) is 18.4. The molecular formula is C18H19N5O5S4. The number of aryl methyl sites for hydroxylation is 1. The van der Waals surface area contributed by atoms with Crippen LogP contribution in [0.2, 0.25) is 0 Å². The SMILES string of the molecule is CC(=O)N(C1C(=O)N2CC(CSc3nnc(C)s3)(C(=O)O)CS[C@H]12)S(=O)c1ccccn1. The van der Waals surface area contributed by atoms with E-state index in [9.17, 15) is 23.7 Å². The first-order chi connectivity index (χ1) is 15.2. The molecule has 2 aliphatic heterocycles. The van der Waals surface area contributed by atoms with E-state index >= 15 is 0 Å². The highest BCUT2D eigenvalue weighted by Crippen LogP contribution is 2.46. The van der Waals surface area contributed by atoms with Crippen LogP contribution in [-0.4, -0.2) is 81.0 Å². The normalized spacial score (nSPS) is 25.6. The number of β-lactam (4-membered cyclic amide) rings is 1. The molecule has 32 heavy (non-hydrogen) atoms. The fraction of sp³-hybridized carbons (Fsp3) is 0.444. The molecule has 4 rings (SSSR count). The summed E-state index contributed by atoms with van der Waals surface area (Å²) in [5.41, 5.74) is -1.16. The Bertz CT molecular complexity index is 1080. The van der Waals surface area contributed by atoms with Crippen LogP contribution in [0.15, 0.2) is 33.8 Å². The minimum Gasteiger partial charge on any atom is -0.481 e. The molecule has 14 heteroatoms. The van der Waals surface area contributed by atoms with Gasteiger partial charge in [-0.3, -0.25) is 14.4 Å². The Labute approximate surface area is 198 Å². The Morgan fingerprint density at radius 3 is 2.78 bits per heavy atom. The number of carbonyl (C=O) groups excluding carboxylic acids is 2. The quantitative estimate of drug-likeness (QED) is 0.426. The van der Waals surface area contributed by atoms with Crippen LogP contribution in [0.3, 0.4) is 0 Å². The highest BCUT2D eigenvalue weighted by atomic mass is 32.2. The van der Waals surface area contributed by atoms with Crippen molar-refractivity contribution in [3.8, 4) is 0 Å². The van der Waals surface area contributed by atoms with Crippen molar-refractivity contribution in [1.29, 1.82) is 0 Å². The van der Waals surface area contributed by atoms with Gasteiger partial charge >= 0.3 is 5.97 Å². The maximum absolute atomic E-state index is 13.0. The molecule has 0 spiro atoms. The van der Waals surface area contributed by atoms with Crippen molar-refractivity contribution in [2.45, 2.75) is 34.6 Å². The van der Waals surface area contributed by atoms with Gasteiger partial charge in [0.2, 0.25) is 5.91 Å². The summed E-state index contributed by atoms with van der Waals surface area (Å²) >= 11 is 3.99. The fourth-order valence-corrected chi connectivity index (χ4v) is 8.46. The predicted molar refractivity (Wildman–Crippen MR) is 120 cm³/mol. The maximum atomic E-state index is 13.0. The second-order valence-corrected chi connectivity index (χ2v) is 12.2. The highest BCUT2D eigenvalue weighted by molar-refractivity contribution is 8.01. The third-order valence-corrected chi connectivity index (χ3v) is 10.4. The number of thioether (sulfide) groups is 2. The minimum atomic E-state index is -1.94. The first-order valence-electron chi connectivity index (χ1n) is 9.44. The molecule has 0 aliphatic carbocycles. The molecule has 4 atom stereocenters. The number of carboxylic acids is 1. The molecule has 2 aromatic rings. The Morgan fingerprint density at radius 1 is 1.41 bits per heavy atom. The van der Waals surface area contributed by atoms with Crippen LogP contribution in [0.1, 0.15) is 11.9 Å². The van der Waals surface area contributed by atoms with Gasteiger partial charge in [0.05, 0.1) is 0 Å². The molecule has 2 aliphatic rings. The topological polar surface area (TPSA) is 134 Å². The molecule has 2 aromatic heterocycles. The molecule has 2 fully saturated rings. The Morgan fingerprint density at radius 2 is 2.19 bits per heavy atom. The second kappa shape index (κ2) is 9.08. The van der Waals surface area contributed by atoms with E-state index in [4.69, 9.17) is 0 Å². The van der Waals surface area contributed by atoms with Gasteiger partial charge in [-0.15, -0.1) is 22.0 Å². The number of amides is 2. The predicted octanol–water partition coefficient (Wildman–Crippen LogP) is 1.26. The lowest BCUT2D eigenvalue weighted by Gasteiger charge is -2.55. The number of carbonyl (C=O) groups is 3. The van der Waals surface area contributed by atoms with Crippen LogP contribution in [-0.2, 0) is 25.4 Å². The number of aromatic nitrogens is 3. The smallest absolute Gasteiger partial charge is 0.313 e. The lowest BCUT2D eigenvalue weighted by Crippen LogP contribution is -2.74. The summed E-state index contributed by atoms with van der Waals surface area (Å²) in [6.45, 7) is 3.10. The van der Waals surface area contributed by atoms with Crippen molar-refractivity contribution >= 4 is 63.6 Å². The molecule has 0 radical (unpaired) electrons. The van der Waals surface area contributed by atoms with E-state index in [0.29, 0.717) is 4.34 Å². The van der Waals surface area contributed by atoms with Gasteiger partial charge in [0.15, 0.2) is 21.4 Å². The minimum absolute atomic E-state index is 0.0160. The van der Waals surface area contributed by atoms with Crippen LogP contribution in [0.5, 0.6) is 0 Å². The highest BCUT2D eigenvalue weighted by Gasteiger charge is 2.60. The number of hydrogen-bond donors (Lipinski definition) is 1. The molecule has 3 unspecified atom stereocenters. The summed E-state index contributed by atoms with van der Waals surface area (Å²) < 4.78 is 14.7. The molecule has 1 N–H and O–H groups in total. The number of fused-ring (bicyclic) bond motifs is 1. The van der Waals surface area contributed by atoms with Crippen LogP contribution < -0.4 is 0 Å². The third-order valence-electron chi connectivity index (χ3n) is 5.11. The van der Waals surface area contributed by atoms with Crippen molar-refractivity contribution in [2.24, 2.45) is 5.41 Å². The van der Waals surface area contributed by atoms with E-state index in [1.54, 1.807) is 12.1 Å². The summed E-state index contributed by atoms with van der Waals surface area (Å²) in [6.07, 6.45) is 1.47. The lowest BCUT2D eigenvalue weighted by molar-refractivity contribution is -0.161. The molecule has 0 aromatic carbocycles. The van der Waals surface area contributed by atoms with E-state index in [0.717, 1.165) is 9.31 Å². The van der Waals surface area contributed by atoms with Crippen molar-refractivity contribution in [2.75, 3.05) is 18.1 Å². The van der Waals surface area contributed by atoms with Crippen molar-refractivity contribution < 1.29 is 23.7 Å². The Hall–Kier alpha value is -2.03. The largest absolute Gasteiger partial charge is 0.481 e.